The molecule has 7 heteroatoms. The molecule has 3 aromatic rings. The van der Waals surface area contributed by atoms with Gasteiger partial charge in [-0.3, -0.25) is 0 Å². The fourth-order valence-electron chi connectivity index (χ4n) is 2.90. The average Bonchev–Trinajstić information content (AvgIpc) is 2.76. The molecule has 0 saturated heterocycles. The van der Waals surface area contributed by atoms with Crippen LogP contribution in [0, 0.1) is 23.3 Å². The van der Waals surface area contributed by atoms with Crippen LogP contribution >= 0.6 is 0 Å². The Morgan fingerprint density at radius 2 is 1.21 bits per heavy atom. The third-order valence-corrected chi connectivity index (χ3v) is 4.73. The molecule has 0 aliphatic heterocycles. The van der Waals surface area contributed by atoms with Crippen LogP contribution in [0.2, 0.25) is 0 Å². The maximum atomic E-state index is 14.4. The van der Waals surface area contributed by atoms with E-state index >= 15 is 0 Å². The summed E-state index contributed by atoms with van der Waals surface area (Å²) in [6, 6.07) is 12.6. The van der Waals surface area contributed by atoms with Crippen LogP contribution in [0.25, 0.3) is 11.1 Å². The van der Waals surface area contributed by atoms with E-state index in [0.29, 0.717) is 6.42 Å². The summed E-state index contributed by atoms with van der Waals surface area (Å²) in [5.41, 5.74) is 0.900. The molecule has 0 radical (unpaired) electrons. The van der Waals surface area contributed by atoms with Crippen molar-refractivity contribution in [1.82, 2.24) is 0 Å². The van der Waals surface area contributed by atoms with Gasteiger partial charge in [0.2, 0.25) is 17.4 Å². The maximum absolute atomic E-state index is 14.4. The van der Waals surface area contributed by atoms with Crippen molar-refractivity contribution in [2.24, 2.45) is 0 Å². The van der Waals surface area contributed by atoms with Crippen LogP contribution in [0.1, 0.15) is 31.7 Å². The Labute approximate surface area is 165 Å². The Bertz CT molecular complexity index is 973. The summed E-state index contributed by atoms with van der Waals surface area (Å²) in [5.74, 6) is -7.56. The summed E-state index contributed by atoms with van der Waals surface area (Å²) in [6.45, 7) is 3.15. The zero-order valence-electron chi connectivity index (χ0n) is 15.7. The third-order valence-electron chi connectivity index (χ3n) is 4.73. The quantitative estimate of drug-likeness (QED) is 0.206. The Morgan fingerprint density at radius 3 is 1.62 bits per heavy atom. The largest absolute Gasteiger partial charge is 0.451 e. The van der Waals surface area contributed by atoms with Gasteiger partial charge in [0.15, 0.2) is 17.4 Å². The fraction of sp³-hybridized carbons (Fsp3) is 0.182. The predicted octanol–water partition coefficient (Wildman–Crippen LogP) is 7.07. The topological polar surface area (TPSA) is 38.7 Å². The van der Waals surface area contributed by atoms with Crippen LogP contribution < -0.4 is 9.62 Å². The Hall–Kier alpha value is -3.06. The number of hydrogen-bond donors (Lipinski definition) is 1. The molecule has 0 aliphatic rings. The third kappa shape index (κ3) is 4.05. The van der Waals surface area contributed by atoms with Crippen LogP contribution in [0.5, 0.6) is 17.2 Å². The molecule has 1 N–H and O–H groups in total. The van der Waals surface area contributed by atoms with Gasteiger partial charge in [0.25, 0.3) is 0 Å². The Morgan fingerprint density at radius 1 is 0.759 bits per heavy atom. The zero-order valence-corrected chi connectivity index (χ0v) is 15.7. The normalized spacial score (nSPS) is 12.0. The molecule has 0 amide bonds. The highest BCUT2D eigenvalue weighted by atomic mass is 19.2. The lowest BCUT2D eigenvalue weighted by atomic mass is 9.96. The van der Waals surface area contributed by atoms with Gasteiger partial charge in [-0.25, -0.2) is 14.0 Å². The minimum atomic E-state index is -1.57. The fourth-order valence-corrected chi connectivity index (χ4v) is 2.90. The maximum Gasteiger partial charge on any atom is 0.204 e. The monoisotopic (exact) mass is 406 g/mol. The molecule has 3 nitrogen and oxygen atoms in total. The first-order valence-electron chi connectivity index (χ1n) is 8.92. The highest BCUT2D eigenvalue weighted by molar-refractivity contribution is 5.65. The molecule has 0 aromatic heterocycles. The zero-order chi connectivity index (χ0) is 21.1. The van der Waals surface area contributed by atoms with Gasteiger partial charge in [-0.05, 0) is 47.7 Å². The summed E-state index contributed by atoms with van der Waals surface area (Å²) < 4.78 is 62.4. The smallest absolute Gasteiger partial charge is 0.204 e. The van der Waals surface area contributed by atoms with Gasteiger partial charge in [-0.1, -0.05) is 38.1 Å². The average molecular weight is 406 g/mol. The van der Waals surface area contributed by atoms with Crippen molar-refractivity contribution < 1.29 is 32.4 Å². The van der Waals surface area contributed by atoms with E-state index in [1.54, 1.807) is 43.3 Å². The number of rotatable bonds is 6. The second kappa shape index (κ2) is 8.53. The second-order valence-electron chi connectivity index (χ2n) is 6.55. The Kier molecular flexibility index (Phi) is 6.08. The van der Waals surface area contributed by atoms with Gasteiger partial charge in [0.05, 0.1) is 0 Å². The molecule has 0 saturated carbocycles. The molecule has 0 aliphatic carbocycles. The van der Waals surface area contributed by atoms with Crippen molar-refractivity contribution >= 4 is 0 Å². The summed E-state index contributed by atoms with van der Waals surface area (Å²) in [4.78, 5) is 4.11. The highest BCUT2D eigenvalue weighted by Gasteiger charge is 2.29. The molecule has 1 atom stereocenters. The van der Waals surface area contributed by atoms with Crippen LogP contribution in [0.3, 0.4) is 0 Å². The van der Waals surface area contributed by atoms with E-state index in [1.807, 2.05) is 0 Å². The second-order valence-corrected chi connectivity index (χ2v) is 6.55. The van der Waals surface area contributed by atoms with Gasteiger partial charge in [-0.15, -0.1) is 0 Å². The molecule has 1 unspecified atom stereocenters. The molecule has 3 aromatic carbocycles. The van der Waals surface area contributed by atoms with E-state index in [-0.39, 0.29) is 11.5 Å². The summed E-state index contributed by atoms with van der Waals surface area (Å²) in [7, 11) is 0. The van der Waals surface area contributed by atoms with E-state index in [1.165, 1.54) is 19.1 Å². The van der Waals surface area contributed by atoms with Gasteiger partial charge in [-0.2, -0.15) is 8.78 Å². The van der Waals surface area contributed by atoms with Crippen molar-refractivity contribution in [2.45, 2.75) is 26.2 Å². The first kappa shape index (κ1) is 20.7. The standard InChI is InChI=1S/C22H18F4O3/c1-3-12(2)17-18(23)20(25)22(21(26)19(17)24)28-15-8-4-13(5-9-15)14-6-10-16(29-27)11-7-14/h4-12,27H,3H2,1-2H3. The molecule has 3 rings (SSSR count). The van der Waals surface area contributed by atoms with E-state index in [4.69, 9.17) is 9.99 Å². The van der Waals surface area contributed by atoms with E-state index < -0.39 is 40.5 Å². The van der Waals surface area contributed by atoms with Gasteiger partial charge in [0, 0.05) is 5.56 Å². The van der Waals surface area contributed by atoms with Crippen molar-refractivity contribution in [3.05, 3.63) is 77.4 Å². The summed E-state index contributed by atoms with van der Waals surface area (Å²) in [6.07, 6.45) is 0.319. The SMILES string of the molecule is CCC(C)c1c(F)c(F)c(Oc2ccc(-c3ccc(OO)cc3)cc2)c(F)c1F. The van der Waals surface area contributed by atoms with Crippen LogP contribution in [0.4, 0.5) is 17.6 Å². The lowest BCUT2D eigenvalue weighted by molar-refractivity contribution is -0.137. The first-order chi connectivity index (χ1) is 13.9. The van der Waals surface area contributed by atoms with Crippen molar-refractivity contribution in [3.8, 4) is 28.4 Å². The lowest BCUT2D eigenvalue weighted by Crippen LogP contribution is -2.08. The molecule has 0 heterocycles. The van der Waals surface area contributed by atoms with Crippen LogP contribution in [-0.4, -0.2) is 5.26 Å². The molecule has 0 bridgehead atoms. The highest BCUT2D eigenvalue weighted by Crippen LogP contribution is 2.37. The number of hydrogen-bond acceptors (Lipinski definition) is 3. The van der Waals surface area contributed by atoms with Crippen LogP contribution in [-0.2, 0) is 0 Å². The molecular weight excluding hydrogens is 388 g/mol. The number of halogens is 4. The summed E-state index contributed by atoms with van der Waals surface area (Å²) in [5, 5.41) is 8.59. The molecule has 152 valence electrons. The first-order valence-corrected chi connectivity index (χ1v) is 8.92. The van der Waals surface area contributed by atoms with Crippen molar-refractivity contribution in [3.63, 3.8) is 0 Å². The molecule has 0 spiro atoms. The number of ether oxygens (including phenoxy) is 1. The number of benzene rings is 3. The Balaban J connectivity index is 1.90. The van der Waals surface area contributed by atoms with Crippen molar-refractivity contribution in [1.29, 1.82) is 0 Å². The van der Waals surface area contributed by atoms with Gasteiger partial charge >= 0.3 is 0 Å². The van der Waals surface area contributed by atoms with Gasteiger partial charge in [0.1, 0.15) is 5.75 Å². The van der Waals surface area contributed by atoms with E-state index in [2.05, 4.69) is 4.89 Å². The molecule has 0 fully saturated rings. The van der Waals surface area contributed by atoms with E-state index in [0.717, 1.165) is 11.1 Å². The van der Waals surface area contributed by atoms with Crippen molar-refractivity contribution in [2.75, 3.05) is 0 Å². The predicted molar refractivity (Wildman–Crippen MR) is 100 cm³/mol. The minimum absolute atomic E-state index is 0.0111. The lowest BCUT2D eigenvalue weighted by Gasteiger charge is -2.16. The molecule has 29 heavy (non-hydrogen) atoms. The minimum Gasteiger partial charge on any atom is -0.451 e. The van der Waals surface area contributed by atoms with E-state index in [9.17, 15) is 17.6 Å². The molecular formula is C22H18F4O3. The van der Waals surface area contributed by atoms with Crippen LogP contribution in [0.15, 0.2) is 48.5 Å². The van der Waals surface area contributed by atoms with Gasteiger partial charge < -0.3 is 9.62 Å². The summed E-state index contributed by atoms with van der Waals surface area (Å²) >= 11 is 0.